The van der Waals surface area contributed by atoms with Crippen LogP contribution in [-0.2, 0) is 11.8 Å². The molecule has 1 aromatic heterocycles. The summed E-state index contributed by atoms with van der Waals surface area (Å²) in [5.74, 6) is 1.40. The Morgan fingerprint density at radius 2 is 2.00 bits per heavy atom. The SMILES string of the molecule is COc1ccc(SCCC(=O)N=c2sc3ccc(Cl)c(C)c3n2C)cc1. The van der Waals surface area contributed by atoms with Gasteiger partial charge < -0.3 is 9.30 Å². The summed E-state index contributed by atoms with van der Waals surface area (Å²) >= 11 is 9.34. The van der Waals surface area contributed by atoms with Gasteiger partial charge in [-0.2, -0.15) is 4.99 Å². The fourth-order valence-electron chi connectivity index (χ4n) is 2.60. The average molecular weight is 407 g/mol. The maximum atomic E-state index is 12.3. The van der Waals surface area contributed by atoms with Crippen LogP contribution in [0.5, 0.6) is 5.75 Å². The molecule has 136 valence electrons. The summed E-state index contributed by atoms with van der Waals surface area (Å²) in [5.41, 5.74) is 2.04. The van der Waals surface area contributed by atoms with Crippen LogP contribution in [-0.4, -0.2) is 23.3 Å². The van der Waals surface area contributed by atoms with Crippen molar-refractivity contribution in [2.24, 2.45) is 12.0 Å². The van der Waals surface area contributed by atoms with E-state index in [1.54, 1.807) is 18.9 Å². The van der Waals surface area contributed by atoms with Crippen LogP contribution in [0.2, 0.25) is 5.02 Å². The number of hydrogen-bond acceptors (Lipinski definition) is 4. The van der Waals surface area contributed by atoms with Gasteiger partial charge in [0.15, 0.2) is 4.80 Å². The number of carbonyl (C=O) groups excluding carboxylic acids is 1. The zero-order valence-electron chi connectivity index (χ0n) is 14.8. The normalized spacial score (nSPS) is 11.9. The van der Waals surface area contributed by atoms with Gasteiger partial charge in [0.05, 0.1) is 17.3 Å². The summed E-state index contributed by atoms with van der Waals surface area (Å²) in [6.07, 6.45) is 0.394. The second-order valence-corrected chi connectivity index (χ2v) is 8.33. The summed E-state index contributed by atoms with van der Waals surface area (Å²) in [5, 5.41) is 0.722. The van der Waals surface area contributed by atoms with E-state index in [-0.39, 0.29) is 5.91 Å². The first-order valence-electron chi connectivity index (χ1n) is 8.08. The maximum Gasteiger partial charge on any atom is 0.249 e. The molecule has 0 aliphatic rings. The highest BCUT2D eigenvalue weighted by Crippen LogP contribution is 2.26. The van der Waals surface area contributed by atoms with E-state index in [1.807, 2.05) is 54.9 Å². The molecule has 0 atom stereocenters. The molecule has 0 unspecified atom stereocenters. The number of methoxy groups -OCH3 is 1. The number of thioether (sulfide) groups is 1. The Morgan fingerprint density at radius 3 is 2.69 bits per heavy atom. The number of ether oxygens (including phenoxy) is 1. The van der Waals surface area contributed by atoms with Gasteiger partial charge in [0, 0.05) is 29.1 Å². The van der Waals surface area contributed by atoms with E-state index in [2.05, 4.69) is 4.99 Å². The predicted octanol–water partition coefficient (Wildman–Crippen LogP) is 4.82. The number of hydrogen-bond donors (Lipinski definition) is 0. The van der Waals surface area contributed by atoms with Crippen molar-refractivity contribution in [3.8, 4) is 5.75 Å². The number of halogens is 1. The smallest absolute Gasteiger partial charge is 0.249 e. The summed E-state index contributed by atoms with van der Waals surface area (Å²) in [6.45, 7) is 1.98. The molecule has 3 rings (SSSR count). The van der Waals surface area contributed by atoms with Gasteiger partial charge in [0.2, 0.25) is 5.91 Å². The molecule has 0 saturated heterocycles. The van der Waals surface area contributed by atoms with Crippen LogP contribution in [0.3, 0.4) is 0 Å². The molecule has 1 amide bonds. The van der Waals surface area contributed by atoms with E-state index in [9.17, 15) is 4.79 Å². The second kappa shape index (κ2) is 8.29. The average Bonchev–Trinajstić information content (AvgIpc) is 2.95. The number of aryl methyl sites for hydroxylation is 2. The summed E-state index contributed by atoms with van der Waals surface area (Å²) in [6, 6.07) is 11.7. The Hall–Kier alpha value is -1.76. The van der Waals surface area contributed by atoms with Gasteiger partial charge in [0.25, 0.3) is 0 Å². The predicted molar refractivity (Wildman–Crippen MR) is 109 cm³/mol. The van der Waals surface area contributed by atoms with Gasteiger partial charge >= 0.3 is 0 Å². The molecule has 0 aliphatic heterocycles. The lowest BCUT2D eigenvalue weighted by atomic mass is 10.2. The third-order valence-electron chi connectivity index (χ3n) is 4.02. The van der Waals surface area contributed by atoms with Gasteiger partial charge in [-0.25, -0.2) is 0 Å². The van der Waals surface area contributed by atoms with Gasteiger partial charge in [-0.1, -0.05) is 22.9 Å². The lowest BCUT2D eigenvalue weighted by Crippen LogP contribution is -2.13. The molecule has 3 aromatic rings. The fourth-order valence-corrected chi connectivity index (χ4v) is 4.69. The highest BCUT2D eigenvalue weighted by Gasteiger charge is 2.09. The van der Waals surface area contributed by atoms with Crippen molar-refractivity contribution < 1.29 is 9.53 Å². The quantitative estimate of drug-likeness (QED) is 0.570. The minimum atomic E-state index is -0.114. The fraction of sp³-hybridized carbons (Fsp3) is 0.263. The van der Waals surface area contributed by atoms with Crippen molar-refractivity contribution in [3.63, 3.8) is 0 Å². The highest BCUT2D eigenvalue weighted by molar-refractivity contribution is 7.99. The van der Waals surface area contributed by atoms with Crippen LogP contribution >= 0.6 is 34.7 Å². The zero-order chi connectivity index (χ0) is 18.7. The van der Waals surface area contributed by atoms with Gasteiger partial charge in [0.1, 0.15) is 5.75 Å². The lowest BCUT2D eigenvalue weighted by molar-refractivity contribution is -0.117. The van der Waals surface area contributed by atoms with Crippen molar-refractivity contribution in [1.29, 1.82) is 0 Å². The molecule has 0 spiro atoms. The van der Waals surface area contributed by atoms with E-state index in [4.69, 9.17) is 16.3 Å². The Labute approximate surface area is 165 Å². The third kappa shape index (κ3) is 4.14. The van der Waals surface area contributed by atoms with Crippen LogP contribution in [0, 0.1) is 6.92 Å². The Morgan fingerprint density at radius 1 is 1.27 bits per heavy atom. The van der Waals surface area contributed by atoms with Crippen LogP contribution < -0.4 is 9.54 Å². The van der Waals surface area contributed by atoms with E-state index >= 15 is 0 Å². The van der Waals surface area contributed by atoms with Gasteiger partial charge in [-0.05, 0) is 48.9 Å². The van der Waals surface area contributed by atoms with Crippen LogP contribution in [0.15, 0.2) is 46.3 Å². The topological polar surface area (TPSA) is 43.6 Å². The molecule has 0 aliphatic carbocycles. The van der Waals surface area contributed by atoms with E-state index in [0.29, 0.717) is 17.0 Å². The van der Waals surface area contributed by atoms with Gasteiger partial charge in [-0.3, -0.25) is 4.79 Å². The number of benzene rings is 2. The summed E-state index contributed by atoms with van der Waals surface area (Å²) in [4.78, 5) is 18.3. The second-order valence-electron chi connectivity index (χ2n) is 5.74. The number of fused-ring (bicyclic) bond motifs is 1. The largest absolute Gasteiger partial charge is 0.497 e. The molecule has 26 heavy (non-hydrogen) atoms. The Balaban J connectivity index is 1.69. The number of aromatic nitrogens is 1. The van der Waals surface area contributed by atoms with Crippen molar-refractivity contribution in [3.05, 3.63) is 51.8 Å². The maximum absolute atomic E-state index is 12.3. The molecule has 0 radical (unpaired) electrons. The Bertz CT molecular complexity index is 1010. The minimum Gasteiger partial charge on any atom is -0.497 e. The molecular weight excluding hydrogens is 388 g/mol. The monoisotopic (exact) mass is 406 g/mol. The Kier molecular flexibility index (Phi) is 6.06. The highest BCUT2D eigenvalue weighted by atomic mass is 35.5. The molecule has 4 nitrogen and oxygen atoms in total. The summed E-state index contributed by atoms with van der Waals surface area (Å²) < 4.78 is 8.16. The molecular formula is C19H19ClN2O2S2. The minimum absolute atomic E-state index is 0.114. The van der Waals surface area contributed by atoms with Crippen LogP contribution in [0.1, 0.15) is 12.0 Å². The van der Waals surface area contributed by atoms with Crippen molar-refractivity contribution in [2.75, 3.05) is 12.9 Å². The number of carbonyl (C=O) groups is 1. The third-order valence-corrected chi connectivity index (χ3v) is 6.54. The van der Waals surface area contributed by atoms with Crippen molar-refractivity contribution in [2.45, 2.75) is 18.2 Å². The molecule has 0 N–H and O–H groups in total. The molecule has 2 aromatic carbocycles. The zero-order valence-corrected chi connectivity index (χ0v) is 17.2. The summed E-state index contributed by atoms with van der Waals surface area (Å²) in [7, 11) is 3.56. The van der Waals surface area contributed by atoms with Crippen LogP contribution in [0.25, 0.3) is 10.2 Å². The van der Waals surface area contributed by atoms with Crippen molar-refractivity contribution >= 4 is 50.8 Å². The number of thiazole rings is 1. The first-order valence-corrected chi connectivity index (χ1v) is 10.3. The first kappa shape index (κ1) is 19.0. The van der Waals surface area contributed by atoms with Gasteiger partial charge in [-0.15, -0.1) is 11.8 Å². The first-order chi connectivity index (χ1) is 12.5. The van der Waals surface area contributed by atoms with E-state index in [1.165, 1.54) is 11.3 Å². The molecule has 7 heteroatoms. The standard InChI is InChI=1S/C19H19ClN2O2S2/c1-12-15(20)8-9-16-18(12)22(2)19(26-16)21-17(23)10-11-25-14-6-4-13(24-3)5-7-14/h4-9H,10-11H2,1-3H3. The van der Waals surface area contributed by atoms with Crippen LogP contribution in [0.4, 0.5) is 0 Å². The van der Waals surface area contributed by atoms with Crippen molar-refractivity contribution in [1.82, 2.24) is 4.57 Å². The molecule has 1 heterocycles. The number of rotatable bonds is 5. The van der Waals surface area contributed by atoms with E-state index < -0.39 is 0 Å². The molecule has 0 saturated carbocycles. The number of nitrogens with zero attached hydrogens (tertiary/aromatic N) is 2. The number of amides is 1. The lowest BCUT2D eigenvalue weighted by Gasteiger charge is -2.02. The molecule has 0 bridgehead atoms. The molecule has 0 fully saturated rings. The van der Waals surface area contributed by atoms with E-state index in [0.717, 1.165) is 31.4 Å².